The van der Waals surface area contributed by atoms with E-state index in [4.69, 9.17) is 9.47 Å². The van der Waals surface area contributed by atoms with Gasteiger partial charge in [-0.1, -0.05) is 48.5 Å². The lowest BCUT2D eigenvalue weighted by Crippen LogP contribution is -2.15. The van der Waals surface area contributed by atoms with Crippen molar-refractivity contribution in [2.24, 2.45) is 0 Å². The molecule has 1 aliphatic rings. The molecule has 1 aliphatic heterocycles. The molecule has 0 fully saturated rings. The smallest absolute Gasteiger partial charge is 0.161 e. The van der Waals surface area contributed by atoms with Crippen molar-refractivity contribution in [1.29, 1.82) is 0 Å². The van der Waals surface area contributed by atoms with E-state index in [2.05, 4.69) is 49.4 Å². The van der Waals surface area contributed by atoms with Gasteiger partial charge in [0, 0.05) is 0 Å². The highest BCUT2D eigenvalue weighted by Gasteiger charge is 2.09. The zero-order chi connectivity index (χ0) is 15.4. The molecule has 0 atom stereocenters. The molecule has 0 saturated carbocycles. The number of benzene rings is 3. The van der Waals surface area contributed by atoms with Crippen LogP contribution in [0.25, 0.3) is 10.8 Å². The number of fused-ring (bicyclic) bond motifs is 2. The largest absolute Gasteiger partial charge is 0.486 e. The molecule has 22 heavy (non-hydrogen) atoms. The quantitative estimate of drug-likeness (QED) is 0.586. The van der Waals surface area contributed by atoms with Gasteiger partial charge >= 0.3 is 0 Å². The van der Waals surface area contributed by atoms with Crippen LogP contribution in [0.4, 0.5) is 0 Å². The molecule has 3 aromatic rings. The predicted molar refractivity (Wildman–Crippen MR) is 90.9 cm³/mol. The number of hydrogen-bond donors (Lipinski definition) is 0. The molecule has 0 radical (unpaired) electrons. The maximum absolute atomic E-state index is 5.38. The number of rotatable bonds is 0. The van der Waals surface area contributed by atoms with E-state index in [1.807, 2.05) is 25.1 Å². The lowest BCUT2D eigenvalue weighted by Gasteiger charge is -2.18. The zero-order valence-electron chi connectivity index (χ0n) is 13.0. The highest BCUT2D eigenvalue weighted by atomic mass is 16.6. The van der Waals surface area contributed by atoms with Gasteiger partial charge in [0.05, 0.1) is 0 Å². The van der Waals surface area contributed by atoms with E-state index in [9.17, 15) is 0 Å². The van der Waals surface area contributed by atoms with Crippen molar-refractivity contribution in [1.82, 2.24) is 0 Å². The van der Waals surface area contributed by atoms with Crippen LogP contribution < -0.4 is 9.47 Å². The highest BCUT2D eigenvalue weighted by Crippen LogP contribution is 2.30. The van der Waals surface area contributed by atoms with Crippen molar-refractivity contribution in [2.75, 3.05) is 13.2 Å². The number of ether oxygens (including phenoxy) is 2. The third-order valence-electron chi connectivity index (χ3n) is 3.71. The monoisotopic (exact) mass is 292 g/mol. The average molecular weight is 292 g/mol. The fourth-order valence-corrected chi connectivity index (χ4v) is 2.54. The first-order valence-corrected chi connectivity index (χ1v) is 7.54. The van der Waals surface area contributed by atoms with Gasteiger partial charge in [-0.15, -0.1) is 0 Å². The summed E-state index contributed by atoms with van der Waals surface area (Å²) in [6.07, 6.45) is 0. The Morgan fingerprint density at radius 1 is 0.727 bits per heavy atom. The maximum atomic E-state index is 5.38. The van der Waals surface area contributed by atoms with Crippen molar-refractivity contribution in [2.45, 2.75) is 13.8 Å². The van der Waals surface area contributed by atoms with Crippen molar-refractivity contribution < 1.29 is 9.47 Å². The van der Waals surface area contributed by atoms with Gasteiger partial charge in [-0.25, -0.2) is 0 Å². The minimum absolute atomic E-state index is 0.663. The van der Waals surface area contributed by atoms with Gasteiger partial charge in [0.1, 0.15) is 13.2 Å². The molecule has 3 aromatic carbocycles. The zero-order valence-corrected chi connectivity index (χ0v) is 13.0. The van der Waals surface area contributed by atoms with E-state index in [0.717, 1.165) is 11.5 Å². The maximum Gasteiger partial charge on any atom is 0.161 e. The lowest BCUT2D eigenvalue weighted by molar-refractivity contribution is 0.171. The third kappa shape index (κ3) is 3.22. The summed E-state index contributed by atoms with van der Waals surface area (Å²) in [5.41, 5.74) is 2.55. The summed E-state index contributed by atoms with van der Waals surface area (Å²) in [7, 11) is 0. The highest BCUT2D eigenvalue weighted by molar-refractivity contribution is 5.85. The molecule has 0 unspecified atom stereocenters. The van der Waals surface area contributed by atoms with Crippen LogP contribution in [0.1, 0.15) is 11.1 Å². The van der Waals surface area contributed by atoms with E-state index in [0.29, 0.717) is 13.2 Å². The Bertz CT molecular complexity index is 772. The van der Waals surface area contributed by atoms with Crippen molar-refractivity contribution in [3.8, 4) is 11.5 Å². The molecule has 0 aromatic heterocycles. The summed E-state index contributed by atoms with van der Waals surface area (Å²) in [5.74, 6) is 1.73. The minimum Gasteiger partial charge on any atom is -0.486 e. The second kappa shape index (κ2) is 6.52. The number of aryl methyl sites for hydroxylation is 2. The number of hydrogen-bond acceptors (Lipinski definition) is 2. The Morgan fingerprint density at radius 2 is 1.45 bits per heavy atom. The first kappa shape index (κ1) is 14.5. The van der Waals surface area contributed by atoms with Gasteiger partial charge in [0.15, 0.2) is 11.5 Å². The summed E-state index contributed by atoms with van der Waals surface area (Å²) >= 11 is 0. The van der Waals surface area contributed by atoms with Crippen LogP contribution in [-0.2, 0) is 0 Å². The Morgan fingerprint density at radius 3 is 2.27 bits per heavy atom. The van der Waals surface area contributed by atoms with Crippen LogP contribution in [-0.4, -0.2) is 13.2 Å². The van der Waals surface area contributed by atoms with Gasteiger partial charge in [0.25, 0.3) is 0 Å². The lowest BCUT2D eigenvalue weighted by atomic mass is 10.1. The predicted octanol–water partition coefficient (Wildman–Crippen LogP) is 4.91. The SMILES string of the molecule is Cc1ccc2c(c1)OCCO2.Cc1cccc2ccccc12. The Labute approximate surface area is 131 Å². The van der Waals surface area contributed by atoms with Gasteiger partial charge < -0.3 is 9.47 Å². The van der Waals surface area contributed by atoms with Gasteiger partial charge in [0.2, 0.25) is 0 Å². The molecule has 2 heteroatoms. The Balaban J connectivity index is 0.000000131. The first-order chi connectivity index (χ1) is 10.7. The topological polar surface area (TPSA) is 18.5 Å². The summed E-state index contributed by atoms with van der Waals surface area (Å²) in [6, 6.07) is 20.8. The molecule has 112 valence electrons. The van der Waals surface area contributed by atoms with Gasteiger partial charge in [-0.3, -0.25) is 0 Å². The molecular formula is C20H20O2. The molecule has 0 aliphatic carbocycles. The molecule has 0 spiro atoms. The molecule has 0 saturated heterocycles. The molecule has 0 N–H and O–H groups in total. The molecule has 0 bridgehead atoms. The van der Waals surface area contributed by atoms with Crippen LogP contribution in [0.15, 0.2) is 60.7 Å². The standard InChI is InChI=1S/C11H10.C9H10O2/c1-9-5-4-7-10-6-2-3-8-11(9)10;1-7-2-3-8-9(6-7)11-5-4-10-8/h2-8H,1H3;2-3,6H,4-5H2,1H3. The second-order valence-electron chi connectivity index (χ2n) is 5.44. The van der Waals surface area contributed by atoms with E-state index in [-0.39, 0.29) is 0 Å². The fraction of sp³-hybridized carbons (Fsp3) is 0.200. The molecular weight excluding hydrogens is 272 g/mol. The Hall–Kier alpha value is -2.48. The third-order valence-corrected chi connectivity index (χ3v) is 3.71. The van der Waals surface area contributed by atoms with E-state index in [1.165, 1.54) is 21.9 Å². The van der Waals surface area contributed by atoms with Crippen LogP contribution in [0.3, 0.4) is 0 Å². The summed E-state index contributed by atoms with van der Waals surface area (Å²) < 4.78 is 10.7. The fourth-order valence-electron chi connectivity index (χ4n) is 2.54. The Kier molecular flexibility index (Phi) is 4.29. The van der Waals surface area contributed by atoms with Gasteiger partial charge in [-0.2, -0.15) is 0 Å². The van der Waals surface area contributed by atoms with E-state index >= 15 is 0 Å². The second-order valence-corrected chi connectivity index (χ2v) is 5.44. The normalized spacial score (nSPS) is 12.5. The molecule has 0 amide bonds. The summed E-state index contributed by atoms with van der Waals surface area (Å²) in [6.45, 7) is 5.51. The first-order valence-electron chi connectivity index (χ1n) is 7.54. The van der Waals surface area contributed by atoms with Crippen LogP contribution in [0, 0.1) is 13.8 Å². The van der Waals surface area contributed by atoms with Crippen LogP contribution in [0.2, 0.25) is 0 Å². The molecule has 1 heterocycles. The molecule has 4 rings (SSSR count). The van der Waals surface area contributed by atoms with Crippen LogP contribution >= 0.6 is 0 Å². The average Bonchev–Trinajstić information content (AvgIpc) is 2.56. The summed E-state index contributed by atoms with van der Waals surface area (Å²) in [4.78, 5) is 0. The minimum atomic E-state index is 0.663. The van der Waals surface area contributed by atoms with Crippen molar-refractivity contribution >= 4 is 10.8 Å². The van der Waals surface area contributed by atoms with Crippen molar-refractivity contribution in [3.63, 3.8) is 0 Å². The van der Waals surface area contributed by atoms with Crippen LogP contribution in [0.5, 0.6) is 11.5 Å². The molecule has 2 nitrogen and oxygen atoms in total. The summed E-state index contributed by atoms with van der Waals surface area (Å²) in [5, 5.41) is 2.68. The van der Waals surface area contributed by atoms with E-state index < -0.39 is 0 Å². The van der Waals surface area contributed by atoms with E-state index in [1.54, 1.807) is 0 Å². The van der Waals surface area contributed by atoms with Gasteiger partial charge in [-0.05, 0) is 47.9 Å². The van der Waals surface area contributed by atoms with Crippen molar-refractivity contribution in [3.05, 3.63) is 71.8 Å².